The maximum absolute atomic E-state index is 12.2. The van der Waals surface area contributed by atoms with Gasteiger partial charge in [0.15, 0.2) is 0 Å². The standard InChI is InChI=1S/C15H27N5O2/c1-12(21)6-8-18(2)15(22)17-13-5-4-7-20(10-13)14-9-16-19(3)11-14/h9,11-13,21H,4-8,10H2,1-3H3,(H,17,22). The first-order valence-corrected chi connectivity index (χ1v) is 7.89. The van der Waals surface area contributed by atoms with Gasteiger partial charge in [-0.2, -0.15) is 5.10 Å². The predicted octanol–water partition coefficient (Wildman–Crippen LogP) is 0.801. The highest BCUT2D eigenvalue weighted by Gasteiger charge is 2.23. The Hall–Kier alpha value is -1.76. The molecule has 2 amide bonds. The van der Waals surface area contributed by atoms with Crippen molar-refractivity contribution in [2.45, 2.75) is 38.3 Å². The van der Waals surface area contributed by atoms with E-state index in [2.05, 4.69) is 15.3 Å². The lowest BCUT2D eigenvalue weighted by atomic mass is 10.1. The summed E-state index contributed by atoms with van der Waals surface area (Å²) in [4.78, 5) is 16.1. The lowest BCUT2D eigenvalue weighted by molar-refractivity contribution is 0.162. The third-order valence-electron chi connectivity index (χ3n) is 4.03. The van der Waals surface area contributed by atoms with E-state index in [0.717, 1.165) is 31.6 Å². The number of nitrogens with zero attached hydrogens (tertiary/aromatic N) is 4. The summed E-state index contributed by atoms with van der Waals surface area (Å²) >= 11 is 0. The molecule has 1 aliphatic heterocycles. The molecule has 1 saturated heterocycles. The summed E-state index contributed by atoms with van der Waals surface area (Å²) in [5.41, 5.74) is 1.10. The third kappa shape index (κ3) is 4.62. The van der Waals surface area contributed by atoms with E-state index in [1.54, 1.807) is 23.6 Å². The highest BCUT2D eigenvalue weighted by Crippen LogP contribution is 2.19. The molecular formula is C15H27N5O2. The van der Waals surface area contributed by atoms with E-state index in [1.807, 2.05) is 19.4 Å². The summed E-state index contributed by atoms with van der Waals surface area (Å²) < 4.78 is 1.79. The Bertz CT molecular complexity index is 488. The SMILES string of the molecule is CC(O)CCN(C)C(=O)NC1CCCN(c2cnn(C)c2)C1. The fourth-order valence-corrected chi connectivity index (χ4v) is 2.67. The zero-order valence-corrected chi connectivity index (χ0v) is 13.7. The summed E-state index contributed by atoms with van der Waals surface area (Å²) in [5, 5.41) is 16.6. The Balaban J connectivity index is 1.83. The molecule has 0 saturated carbocycles. The third-order valence-corrected chi connectivity index (χ3v) is 4.03. The molecule has 0 bridgehead atoms. The average molecular weight is 309 g/mol. The molecule has 2 heterocycles. The maximum atomic E-state index is 12.2. The Labute approximate surface area is 131 Å². The van der Waals surface area contributed by atoms with Crippen LogP contribution in [0.15, 0.2) is 12.4 Å². The highest BCUT2D eigenvalue weighted by atomic mass is 16.3. The van der Waals surface area contributed by atoms with E-state index >= 15 is 0 Å². The molecule has 2 unspecified atom stereocenters. The number of aliphatic hydroxyl groups is 1. The van der Waals surface area contributed by atoms with E-state index < -0.39 is 0 Å². The van der Waals surface area contributed by atoms with Crippen LogP contribution in [0.2, 0.25) is 0 Å². The first-order valence-electron chi connectivity index (χ1n) is 7.89. The minimum absolute atomic E-state index is 0.0707. The minimum Gasteiger partial charge on any atom is -0.393 e. The van der Waals surface area contributed by atoms with Gasteiger partial charge in [0.25, 0.3) is 0 Å². The Morgan fingerprint density at radius 1 is 1.64 bits per heavy atom. The smallest absolute Gasteiger partial charge is 0.317 e. The molecule has 1 aliphatic rings. The van der Waals surface area contributed by atoms with E-state index in [0.29, 0.717) is 13.0 Å². The number of rotatable bonds is 5. The number of urea groups is 1. The van der Waals surface area contributed by atoms with Crippen LogP contribution in [0.1, 0.15) is 26.2 Å². The van der Waals surface area contributed by atoms with Crippen LogP contribution in [0.5, 0.6) is 0 Å². The number of aryl methyl sites for hydroxylation is 1. The molecule has 0 spiro atoms. The van der Waals surface area contributed by atoms with Crippen molar-refractivity contribution in [2.24, 2.45) is 7.05 Å². The molecule has 2 N–H and O–H groups in total. The van der Waals surface area contributed by atoms with Crippen LogP contribution in [0.4, 0.5) is 10.5 Å². The van der Waals surface area contributed by atoms with Gasteiger partial charge in [-0.1, -0.05) is 0 Å². The van der Waals surface area contributed by atoms with Gasteiger partial charge in [-0.15, -0.1) is 0 Å². The second kappa shape index (κ2) is 7.49. The van der Waals surface area contributed by atoms with Crippen LogP contribution < -0.4 is 10.2 Å². The molecule has 7 nitrogen and oxygen atoms in total. The molecule has 0 aliphatic carbocycles. The first-order chi connectivity index (χ1) is 10.5. The van der Waals surface area contributed by atoms with E-state index in [-0.39, 0.29) is 18.2 Å². The number of piperidine rings is 1. The normalized spacial score (nSPS) is 19.8. The van der Waals surface area contributed by atoms with Gasteiger partial charge in [0.05, 0.1) is 18.0 Å². The molecular weight excluding hydrogens is 282 g/mol. The minimum atomic E-state index is -0.383. The van der Waals surface area contributed by atoms with Crippen LogP contribution in [0, 0.1) is 0 Å². The number of aromatic nitrogens is 2. The van der Waals surface area contributed by atoms with E-state index in [1.165, 1.54) is 0 Å². The van der Waals surface area contributed by atoms with Crippen LogP contribution in [-0.4, -0.2) is 64.6 Å². The van der Waals surface area contributed by atoms with Gasteiger partial charge >= 0.3 is 6.03 Å². The second-order valence-electron chi connectivity index (χ2n) is 6.17. The summed E-state index contributed by atoms with van der Waals surface area (Å²) in [6.45, 7) is 4.10. The summed E-state index contributed by atoms with van der Waals surface area (Å²) in [6.07, 6.45) is 6.11. The van der Waals surface area contributed by atoms with Gasteiger partial charge in [-0.3, -0.25) is 4.68 Å². The Morgan fingerprint density at radius 3 is 3.05 bits per heavy atom. The summed E-state index contributed by atoms with van der Waals surface area (Å²) in [6, 6.07) is 0.0779. The lowest BCUT2D eigenvalue weighted by Gasteiger charge is -2.34. The number of hydrogen-bond donors (Lipinski definition) is 2. The van der Waals surface area contributed by atoms with Crippen LogP contribution in [0.25, 0.3) is 0 Å². The molecule has 124 valence electrons. The highest BCUT2D eigenvalue weighted by molar-refractivity contribution is 5.74. The molecule has 1 aromatic rings. The molecule has 1 aromatic heterocycles. The van der Waals surface area contributed by atoms with Crippen LogP contribution in [0.3, 0.4) is 0 Å². The fraction of sp³-hybridized carbons (Fsp3) is 0.733. The van der Waals surface area contributed by atoms with Crippen molar-refractivity contribution in [1.29, 1.82) is 0 Å². The number of amides is 2. The predicted molar refractivity (Wildman–Crippen MR) is 85.9 cm³/mol. The monoisotopic (exact) mass is 309 g/mol. The van der Waals surface area contributed by atoms with Crippen molar-refractivity contribution in [3.63, 3.8) is 0 Å². The molecule has 22 heavy (non-hydrogen) atoms. The largest absolute Gasteiger partial charge is 0.393 e. The molecule has 2 atom stereocenters. The zero-order valence-electron chi connectivity index (χ0n) is 13.7. The Kier molecular flexibility index (Phi) is 5.65. The number of carbonyl (C=O) groups is 1. The van der Waals surface area contributed by atoms with Crippen molar-refractivity contribution in [3.8, 4) is 0 Å². The van der Waals surface area contributed by atoms with Crippen LogP contribution >= 0.6 is 0 Å². The average Bonchev–Trinajstić information content (AvgIpc) is 2.91. The number of hydrogen-bond acceptors (Lipinski definition) is 4. The van der Waals surface area contributed by atoms with Crippen molar-refractivity contribution in [2.75, 3.05) is 31.6 Å². The molecule has 0 aromatic carbocycles. The van der Waals surface area contributed by atoms with Crippen molar-refractivity contribution < 1.29 is 9.90 Å². The van der Waals surface area contributed by atoms with Crippen molar-refractivity contribution >= 4 is 11.7 Å². The molecule has 1 fully saturated rings. The van der Waals surface area contributed by atoms with Gasteiger partial charge in [0.1, 0.15) is 0 Å². The number of carbonyl (C=O) groups excluding carboxylic acids is 1. The van der Waals surface area contributed by atoms with Gasteiger partial charge < -0.3 is 20.2 Å². The second-order valence-corrected chi connectivity index (χ2v) is 6.17. The number of aliphatic hydroxyl groups excluding tert-OH is 1. The molecule has 2 rings (SSSR count). The topological polar surface area (TPSA) is 73.6 Å². The van der Waals surface area contributed by atoms with Gasteiger partial charge in [-0.25, -0.2) is 4.79 Å². The quantitative estimate of drug-likeness (QED) is 0.844. The summed E-state index contributed by atoms with van der Waals surface area (Å²) in [5.74, 6) is 0. The fourth-order valence-electron chi connectivity index (χ4n) is 2.67. The van der Waals surface area contributed by atoms with Gasteiger partial charge in [0, 0.05) is 46.0 Å². The Morgan fingerprint density at radius 2 is 2.41 bits per heavy atom. The van der Waals surface area contributed by atoms with Crippen molar-refractivity contribution in [3.05, 3.63) is 12.4 Å². The summed E-state index contributed by atoms with van der Waals surface area (Å²) in [7, 11) is 3.67. The van der Waals surface area contributed by atoms with Crippen molar-refractivity contribution in [1.82, 2.24) is 20.0 Å². The lowest BCUT2D eigenvalue weighted by Crippen LogP contribution is -2.51. The zero-order chi connectivity index (χ0) is 16.1. The molecule has 0 radical (unpaired) electrons. The van der Waals surface area contributed by atoms with Gasteiger partial charge in [-0.05, 0) is 26.2 Å². The first kappa shape index (κ1) is 16.6. The number of nitrogens with one attached hydrogen (secondary N) is 1. The van der Waals surface area contributed by atoms with E-state index in [9.17, 15) is 9.90 Å². The molecule has 7 heteroatoms. The van der Waals surface area contributed by atoms with Gasteiger partial charge in [0.2, 0.25) is 0 Å². The van der Waals surface area contributed by atoms with Crippen LogP contribution in [-0.2, 0) is 7.05 Å². The maximum Gasteiger partial charge on any atom is 0.317 e. The number of anilines is 1. The van der Waals surface area contributed by atoms with E-state index in [4.69, 9.17) is 0 Å².